The smallest absolute Gasteiger partial charge is 0.222 e. The highest BCUT2D eigenvalue weighted by Gasteiger charge is 2.16. The fourth-order valence-corrected chi connectivity index (χ4v) is 1.41. The molecule has 0 rings (SSSR count). The van der Waals surface area contributed by atoms with Crippen LogP contribution in [0.5, 0.6) is 0 Å². The summed E-state index contributed by atoms with van der Waals surface area (Å²) in [7, 11) is 0. The van der Waals surface area contributed by atoms with Crippen molar-refractivity contribution in [3.05, 3.63) is 0 Å². The molecule has 0 aliphatic heterocycles. The van der Waals surface area contributed by atoms with E-state index in [1.807, 2.05) is 4.90 Å². The lowest BCUT2D eigenvalue weighted by Gasteiger charge is -2.28. The zero-order valence-corrected chi connectivity index (χ0v) is 9.47. The lowest BCUT2D eigenvalue weighted by atomic mass is 10.2. The molecule has 0 saturated heterocycles. The first-order valence-corrected chi connectivity index (χ1v) is 5.46. The zero-order valence-electron chi connectivity index (χ0n) is 9.47. The van der Waals surface area contributed by atoms with Crippen molar-refractivity contribution >= 4 is 5.91 Å². The van der Waals surface area contributed by atoms with E-state index in [9.17, 15) is 4.79 Å². The molecule has 1 unspecified atom stereocenters. The van der Waals surface area contributed by atoms with Crippen LogP contribution in [0.2, 0.25) is 0 Å². The van der Waals surface area contributed by atoms with Crippen LogP contribution in [0.4, 0.5) is 0 Å². The van der Waals surface area contributed by atoms with Gasteiger partial charge in [-0.15, -0.1) is 0 Å². The van der Waals surface area contributed by atoms with E-state index < -0.39 is 0 Å². The van der Waals surface area contributed by atoms with Crippen LogP contribution in [0.3, 0.4) is 0 Å². The molecule has 1 amide bonds. The number of hydrogen-bond donors (Lipinski definition) is 0. The molecule has 0 spiro atoms. The monoisotopic (exact) mass is 185 g/mol. The molecule has 0 heterocycles. The molecule has 0 aliphatic rings. The van der Waals surface area contributed by atoms with E-state index in [4.69, 9.17) is 0 Å². The third-order valence-electron chi connectivity index (χ3n) is 2.37. The first kappa shape index (κ1) is 12.5. The summed E-state index contributed by atoms with van der Waals surface area (Å²) < 4.78 is 0. The van der Waals surface area contributed by atoms with E-state index in [2.05, 4.69) is 27.7 Å². The summed E-state index contributed by atoms with van der Waals surface area (Å²) in [5.41, 5.74) is 0. The summed E-state index contributed by atoms with van der Waals surface area (Å²) in [6.07, 6.45) is 3.76. The van der Waals surface area contributed by atoms with Crippen molar-refractivity contribution in [3.63, 3.8) is 0 Å². The van der Waals surface area contributed by atoms with Gasteiger partial charge in [0.05, 0.1) is 0 Å². The second kappa shape index (κ2) is 6.93. The summed E-state index contributed by atoms with van der Waals surface area (Å²) in [6, 6.07) is 0.402. The van der Waals surface area contributed by atoms with Crippen LogP contribution >= 0.6 is 0 Å². The Labute approximate surface area is 82.3 Å². The van der Waals surface area contributed by atoms with Gasteiger partial charge in [0.15, 0.2) is 0 Å². The normalized spacial score (nSPS) is 12.6. The largest absolute Gasteiger partial charge is 0.340 e. The van der Waals surface area contributed by atoms with Gasteiger partial charge in [-0.2, -0.15) is 0 Å². The van der Waals surface area contributed by atoms with Gasteiger partial charge < -0.3 is 4.90 Å². The predicted molar refractivity (Wildman–Crippen MR) is 56.7 cm³/mol. The number of hydrogen-bond acceptors (Lipinski definition) is 1. The van der Waals surface area contributed by atoms with Crippen molar-refractivity contribution in [2.45, 2.75) is 59.4 Å². The molecule has 0 aliphatic carbocycles. The minimum Gasteiger partial charge on any atom is -0.340 e. The second-order valence-electron chi connectivity index (χ2n) is 3.59. The molecular weight excluding hydrogens is 162 g/mol. The standard InChI is InChI=1S/C11H23NO/c1-5-8-11(13)12(9-6-2)10(4)7-3/h10H,5-9H2,1-4H3. The molecule has 78 valence electrons. The maximum absolute atomic E-state index is 11.7. The number of carbonyl (C=O) groups excluding carboxylic acids is 1. The number of rotatable bonds is 6. The van der Waals surface area contributed by atoms with Gasteiger partial charge in [0.2, 0.25) is 5.91 Å². The molecule has 2 nitrogen and oxygen atoms in total. The third-order valence-corrected chi connectivity index (χ3v) is 2.37. The SMILES string of the molecule is CCCC(=O)N(CCC)C(C)CC. The Morgan fingerprint density at radius 2 is 1.85 bits per heavy atom. The van der Waals surface area contributed by atoms with Crippen LogP contribution in [0.15, 0.2) is 0 Å². The Kier molecular flexibility index (Phi) is 6.65. The minimum atomic E-state index is 0.318. The summed E-state index contributed by atoms with van der Waals surface area (Å²) in [4.78, 5) is 13.7. The molecule has 0 bridgehead atoms. The Balaban J connectivity index is 4.13. The molecule has 0 N–H and O–H groups in total. The maximum atomic E-state index is 11.7. The Morgan fingerprint density at radius 3 is 2.23 bits per heavy atom. The van der Waals surface area contributed by atoms with E-state index in [0.717, 1.165) is 25.8 Å². The van der Waals surface area contributed by atoms with Crippen molar-refractivity contribution < 1.29 is 4.79 Å². The van der Waals surface area contributed by atoms with Gasteiger partial charge in [-0.05, 0) is 26.2 Å². The Bertz CT molecular complexity index is 145. The second-order valence-corrected chi connectivity index (χ2v) is 3.59. The van der Waals surface area contributed by atoms with E-state index in [0.29, 0.717) is 18.4 Å². The molecule has 13 heavy (non-hydrogen) atoms. The predicted octanol–water partition coefficient (Wildman–Crippen LogP) is 2.82. The minimum absolute atomic E-state index is 0.318. The van der Waals surface area contributed by atoms with Gasteiger partial charge in [-0.25, -0.2) is 0 Å². The highest BCUT2D eigenvalue weighted by molar-refractivity contribution is 5.76. The van der Waals surface area contributed by atoms with Crippen LogP contribution in [-0.4, -0.2) is 23.4 Å². The van der Waals surface area contributed by atoms with Gasteiger partial charge in [0.25, 0.3) is 0 Å². The number of nitrogens with zero attached hydrogens (tertiary/aromatic N) is 1. The van der Waals surface area contributed by atoms with Crippen molar-refractivity contribution in [3.8, 4) is 0 Å². The molecule has 0 radical (unpaired) electrons. The molecule has 0 fully saturated rings. The summed E-state index contributed by atoms with van der Waals surface area (Å²) in [6.45, 7) is 9.34. The van der Waals surface area contributed by atoms with E-state index in [1.54, 1.807) is 0 Å². The molecular formula is C11H23NO. The van der Waals surface area contributed by atoms with Crippen molar-refractivity contribution in [1.29, 1.82) is 0 Å². The van der Waals surface area contributed by atoms with Gasteiger partial charge in [0.1, 0.15) is 0 Å². The van der Waals surface area contributed by atoms with Crippen LogP contribution in [-0.2, 0) is 4.79 Å². The third kappa shape index (κ3) is 4.30. The molecule has 0 aromatic rings. The maximum Gasteiger partial charge on any atom is 0.222 e. The van der Waals surface area contributed by atoms with Gasteiger partial charge in [0, 0.05) is 19.0 Å². The molecule has 0 aromatic carbocycles. The first-order chi connectivity index (χ1) is 6.17. The highest BCUT2D eigenvalue weighted by Crippen LogP contribution is 2.07. The van der Waals surface area contributed by atoms with Gasteiger partial charge >= 0.3 is 0 Å². The number of carbonyl (C=O) groups is 1. The summed E-state index contributed by atoms with van der Waals surface area (Å²) in [5.74, 6) is 0.318. The van der Waals surface area contributed by atoms with E-state index in [-0.39, 0.29) is 0 Å². The quantitative estimate of drug-likeness (QED) is 0.623. The first-order valence-electron chi connectivity index (χ1n) is 5.46. The summed E-state index contributed by atoms with van der Waals surface area (Å²) >= 11 is 0. The van der Waals surface area contributed by atoms with Crippen molar-refractivity contribution in [2.24, 2.45) is 0 Å². The lowest BCUT2D eigenvalue weighted by molar-refractivity contribution is -0.133. The lowest BCUT2D eigenvalue weighted by Crippen LogP contribution is -2.38. The van der Waals surface area contributed by atoms with E-state index in [1.165, 1.54) is 0 Å². The molecule has 2 heteroatoms. The van der Waals surface area contributed by atoms with E-state index >= 15 is 0 Å². The highest BCUT2D eigenvalue weighted by atomic mass is 16.2. The molecule has 1 atom stereocenters. The molecule has 0 aromatic heterocycles. The van der Waals surface area contributed by atoms with Crippen LogP contribution in [0.1, 0.15) is 53.4 Å². The van der Waals surface area contributed by atoms with Crippen molar-refractivity contribution in [2.75, 3.05) is 6.54 Å². The summed E-state index contributed by atoms with van der Waals surface area (Å²) in [5, 5.41) is 0. The molecule has 0 saturated carbocycles. The number of amides is 1. The Morgan fingerprint density at radius 1 is 1.23 bits per heavy atom. The average molecular weight is 185 g/mol. The van der Waals surface area contributed by atoms with Crippen molar-refractivity contribution in [1.82, 2.24) is 4.90 Å². The van der Waals surface area contributed by atoms with Crippen LogP contribution in [0.25, 0.3) is 0 Å². The fraction of sp³-hybridized carbons (Fsp3) is 0.909. The topological polar surface area (TPSA) is 20.3 Å². The zero-order chi connectivity index (χ0) is 10.3. The van der Waals surface area contributed by atoms with Crippen LogP contribution < -0.4 is 0 Å². The van der Waals surface area contributed by atoms with Crippen LogP contribution in [0, 0.1) is 0 Å². The fourth-order valence-electron chi connectivity index (χ4n) is 1.41. The van der Waals surface area contributed by atoms with Gasteiger partial charge in [-0.1, -0.05) is 20.8 Å². The van der Waals surface area contributed by atoms with Gasteiger partial charge in [-0.3, -0.25) is 4.79 Å². The average Bonchev–Trinajstić information content (AvgIpc) is 2.13. The Hall–Kier alpha value is -0.530.